The highest BCUT2D eigenvalue weighted by Gasteiger charge is 2.21. The predicted molar refractivity (Wildman–Crippen MR) is 104 cm³/mol. The molecular formula is C22H30O3. The van der Waals surface area contributed by atoms with E-state index >= 15 is 0 Å². The first kappa shape index (κ1) is 19.3. The molecule has 1 aliphatic carbocycles. The van der Waals surface area contributed by atoms with Crippen LogP contribution in [0.1, 0.15) is 63.1 Å². The van der Waals surface area contributed by atoms with Crippen molar-refractivity contribution in [2.45, 2.75) is 65.6 Å². The van der Waals surface area contributed by atoms with E-state index in [1.165, 1.54) is 0 Å². The molecule has 0 saturated carbocycles. The number of ether oxygens (including phenoxy) is 1. The zero-order valence-corrected chi connectivity index (χ0v) is 15.6. The molecule has 136 valence electrons. The summed E-state index contributed by atoms with van der Waals surface area (Å²) in [6, 6.07) is 2.00. The Morgan fingerprint density at radius 2 is 2.00 bits per heavy atom. The van der Waals surface area contributed by atoms with E-state index in [-0.39, 0.29) is 18.5 Å². The molecule has 0 amide bonds. The number of aromatic hydroxyl groups is 1. The number of benzene rings is 1. The van der Waals surface area contributed by atoms with E-state index < -0.39 is 0 Å². The van der Waals surface area contributed by atoms with Crippen molar-refractivity contribution in [1.29, 1.82) is 0 Å². The van der Waals surface area contributed by atoms with Gasteiger partial charge in [0.15, 0.2) is 0 Å². The van der Waals surface area contributed by atoms with Gasteiger partial charge in [0.1, 0.15) is 11.5 Å². The van der Waals surface area contributed by atoms with Crippen molar-refractivity contribution >= 4 is 5.57 Å². The minimum absolute atomic E-state index is 0.00935. The highest BCUT2D eigenvalue weighted by atomic mass is 16.5. The summed E-state index contributed by atoms with van der Waals surface area (Å²) in [5, 5.41) is 20.8. The Bertz CT molecular complexity index is 666. The van der Waals surface area contributed by atoms with Crippen LogP contribution in [-0.4, -0.2) is 16.3 Å². The number of aryl methyl sites for hydroxylation is 1. The van der Waals surface area contributed by atoms with Gasteiger partial charge in [-0.1, -0.05) is 50.1 Å². The van der Waals surface area contributed by atoms with E-state index in [9.17, 15) is 10.2 Å². The Balaban J connectivity index is 2.53. The summed E-state index contributed by atoms with van der Waals surface area (Å²) in [4.78, 5) is 0. The van der Waals surface area contributed by atoms with Crippen molar-refractivity contribution in [3.63, 3.8) is 0 Å². The molecular weight excluding hydrogens is 312 g/mol. The second-order valence-corrected chi connectivity index (χ2v) is 6.70. The number of allylic oxidation sites excluding steroid dienone is 6. The molecule has 2 N–H and O–H groups in total. The zero-order chi connectivity index (χ0) is 18.2. The third kappa shape index (κ3) is 4.99. The van der Waals surface area contributed by atoms with Crippen LogP contribution < -0.4 is 4.74 Å². The van der Waals surface area contributed by atoms with Gasteiger partial charge in [-0.2, -0.15) is 0 Å². The summed E-state index contributed by atoms with van der Waals surface area (Å²) < 4.78 is 6.03. The number of phenols is 1. The van der Waals surface area contributed by atoms with Crippen molar-refractivity contribution in [2.24, 2.45) is 0 Å². The van der Waals surface area contributed by atoms with Gasteiger partial charge in [0.25, 0.3) is 0 Å². The molecule has 0 bridgehead atoms. The first-order chi connectivity index (χ1) is 12.1. The Hall–Kier alpha value is -2.00. The van der Waals surface area contributed by atoms with Crippen LogP contribution in [0.4, 0.5) is 0 Å². The van der Waals surface area contributed by atoms with E-state index in [0.717, 1.165) is 43.2 Å². The molecule has 0 fully saturated rings. The third-order valence-corrected chi connectivity index (χ3v) is 4.32. The largest absolute Gasteiger partial charge is 0.507 e. The number of hydrogen-bond donors (Lipinski definition) is 2. The van der Waals surface area contributed by atoms with Gasteiger partial charge in [0.2, 0.25) is 0 Å². The van der Waals surface area contributed by atoms with Gasteiger partial charge >= 0.3 is 0 Å². The van der Waals surface area contributed by atoms with Crippen LogP contribution in [0.15, 0.2) is 36.4 Å². The molecule has 1 aliphatic rings. The summed E-state index contributed by atoms with van der Waals surface area (Å²) in [5.41, 5.74) is 3.20. The van der Waals surface area contributed by atoms with E-state index in [2.05, 4.69) is 19.1 Å². The minimum atomic E-state index is -0.169. The molecule has 2 rings (SSSR count). The lowest BCUT2D eigenvalue weighted by atomic mass is 9.93. The van der Waals surface area contributed by atoms with Crippen LogP contribution >= 0.6 is 0 Å². The van der Waals surface area contributed by atoms with E-state index in [1.807, 2.05) is 38.1 Å². The average molecular weight is 342 g/mol. The number of aliphatic hydroxyl groups is 1. The Kier molecular flexibility index (Phi) is 7.32. The monoisotopic (exact) mass is 342 g/mol. The fourth-order valence-electron chi connectivity index (χ4n) is 3.09. The van der Waals surface area contributed by atoms with Gasteiger partial charge in [0.05, 0.1) is 18.3 Å². The maximum Gasteiger partial charge on any atom is 0.132 e. The number of rotatable bonds is 8. The van der Waals surface area contributed by atoms with E-state index in [1.54, 1.807) is 0 Å². The molecule has 0 heterocycles. The molecule has 1 aromatic carbocycles. The first-order valence-electron chi connectivity index (χ1n) is 9.27. The van der Waals surface area contributed by atoms with Gasteiger partial charge in [-0.05, 0) is 50.3 Å². The van der Waals surface area contributed by atoms with Crippen LogP contribution in [0.25, 0.3) is 5.57 Å². The van der Waals surface area contributed by atoms with Crippen LogP contribution in [-0.2, 0) is 13.0 Å². The normalized spacial score (nSPS) is 13.9. The van der Waals surface area contributed by atoms with Crippen molar-refractivity contribution < 1.29 is 14.9 Å². The van der Waals surface area contributed by atoms with Crippen LogP contribution in [0.3, 0.4) is 0 Å². The lowest BCUT2D eigenvalue weighted by Gasteiger charge is -2.21. The molecule has 0 spiro atoms. The summed E-state index contributed by atoms with van der Waals surface area (Å²) >= 11 is 0. The lowest BCUT2D eigenvalue weighted by molar-refractivity contribution is 0.239. The number of aliphatic hydroxyl groups excluding tert-OH is 1. The highest BCUT2D eigenvalue weighted by molar-refractivity contribution is 5.83. The quantitative estimate of drug-likeness (QED) is 0.630. The predicted octanol–water partition coefficient (Wildman–Crippen LogP) is 5.30. The van der Waals surface area contributed by atoms with Crippen molar-refractivity contribution in [3.8, 4) is 11.5 Å². The van der Waals surface area contributed by atoms with Crippen LogP contribution in [0, 0.1) is 0 Å². The fraction of sp³-hybridized carbons (Fsp3) is 0.455. The van der Waals surface area contributed by atoms with Crippen molar-refractivity contribution in [3.05, 3.63) is 53.1 Å². The molecule has 0 aliphatic heterocycles. The number of hydrogen-bond acceptors (Lipinski definition) is 3. The molecule has 3 nitrogen and oxygen atoms in total. The first-order valence-corrected chi connectivity index (χ1v) is 9.27. The summed E-state index contributed by atoms with van der Waals surface area (Å²) in [5.74, 6) is 0.832. The minimum Gasteiger partial charge on any atom is -0.507 e. The molecule has 1 aromatic rings. The number of unbranched alkanes of at least 4 members (excludes halogenated alkanes) is 2. The Morgan fingerprint density at radius 1 is 1.20 bits per heavy atom. The lowest BCUT2D eigenvalue weighted by Crippen LogP contribution is -2.09. The second kappa shape index (κ2) is 9.47. The zero-order valence-electron chi connectivity index (χ0n) is 15.6. The smallest absolute Gasteiger partial charge is 0.132 e. The molecule has 0 radical (unpaired) electrons. The Labute approximate surface area is 151 Å². The SMILES string of the molecule is CCCCCc1cc(OC(C)C)c(C2=CCC=CC=C2)c(O)c1CO. The summed E-state index contributed by atoms with van der Waals surface area (Å²) in [6.07, 6.45) is 15.0. The van der Waals surface area contributed by atoms with Crippen molar-refractivity contribution in [2.75, 3.05) is 0 Å². The summed E-state index contributed by atoms with van der Waals surface area (Å²) in [6.45, 7) is 5.96. The molecule has 25 heavy (non-hydrogen) atoms. The molecule has 3 heteroatoms. The maximum atomic E-state index is 10.9. The van der Waals surface area contributed by atoms with Gasteiger partial charge in [-0.25, -0.2) is 0 Å². The Morgan fingerprint density at radius 3 is 2.68 bits per heavy atom. The average Bonchev–Trinajstić information content (AvgIpc) is 2.84. The third-order valence-electron chi connectivity index (χ3n) is 4.32. The van der Waals surface area contributed by atoms with Gasteiger partial charge in [-0.3, -0.25) is 0 Å². The fourth-order valence-corrected chi connectivity index (χ4v) is 3.09. The van der Waals surface area contributed by atoms with E-state index in [4.69, 9.17) is 4.74 Å². The van der Waals surface area contributed by atoms with Crippen LogP contribution in [0.2, 0.25) is 0 Å². The molecule has 0 unspecified atom stereocenters. The topological polar surface area (TPSA) is 49.7 Å². The molecule has 0 saturated heterocycles. The maximum absolute atomic E-state index is 10.9. The molecule has 0 aromatic heterocycles. The molecule has 0 atom stereocenters. The second-order valence-electron chi connectivity index (χ2n) is 6.70. The summed E-state index contributed by atoms with van der Waals surface area (Å²) in [7, 11) is 0. The van der Waals surface area contributed by atoms with Gasteiger partial charge < -0.3 is 14.9 Å². The van der Waals surface area contributed by atoms with E-state index in [0.29, 0.717) is 16.9 Å². The van der Waals surface area contributed by atoms with Gasteiger partial charge in [-0.15, -0.1) is 0 Å². The highest BCUT2D eigenvalue weighted by Crippen LogP contribution is 2.41. The van der Waals surface area contributed by atoms with Crippen LogP contribution in [0.5, 0.6) is 11.5 Å². The van der Waals surface area contributed by atoms with Gasteiger partial charge in [0, 0.05) is 5.56 Å². The standard InChI is InChI=1S/C22H30O3/c1-4-5-8-13-18-14-20(25-16(2)3)21(22(24)19(18)15-23)17-11-9-6-7-10-12-17/h6-7,9,11-12,14,16,23-24H,4-5,8,10,13,15H2,1-3H3. The van der Waals surface area contributed by atoms with Crippen molar-refractivity contribution in [1.82, 2.24) is 0 Å².